The zero-order chi connectivity index (χ0) is 16.8. The molecule has 0 aliphatic carbocycles. The standard InChI is InChI=1S/C14H13N3O6/c1-9-12(6-7-22-9)14(19)16-15-13(18)8-23-11-4-2-10(3-5-11)17(20)21/h2-7H,8H2,1H3,(H,15,18)(H,16,19). The van der Waals surface area contributed by atoms with Crippen LogP contribution < -0.4 is 15.6 Å². The van der Waals surface area contributed by atoms with Gasteiger partial charge >= 0.3 is 0 Å². The van der Waals surface area contributed by atoms with Gasteiger partial charge < -0.3 is 9.15 Å². The summed E-state index contributed by atoms with van der Waals surface area (Å²) >= 11 is 0. The molecule has 0 saturated carbocycles. The highest BCUT2D eigenvalue weighted by molar-refractivity contribution is 5.96. The molecule has 0 bridgehead atoms. The predicted octanol–water partition coefficient (Wildman–Crippen LogP) is 1.34. The van der Waals surface area contributed by atoms with Gasteiger partial charge in [0.1, 0.15) is 11.5 Å². The third-order valence-electron chi connectivity index (χ3n) is 2.84. The number of ether oxygens (including phenoxy) is 1. The molecule has 0 atom stereocenters. The fraction of sp³-hybridized carbons (Fsp3) is 0.143. The summed E-state index contributed by atoms with van der Waals surface area (Å²) in [6.45, 7) is 1.26. The third kappa shape index (κ3) is 4.30. The van der Waals surface area contributed by atoms with Crippen molar-refractivity contribution in [2.45, 2.75) is 6.92 Å². The molecule has 9 nitrogen and oxygen atoms in total. The monoisotopic (exact) mass is 319 g/mol. The van der Waals surface area contributed by atoms with E-state index < -0.39 is 16.7 Å². The average molecular weight is 319 g/mol. The zero-order valence-electron chi connectivity index (χ0n) is 12.1. The van der Waals surface area contributed by atoms with Gasteiger partial charge in [-0.05, 0) is 25.1 Å². The molecule has 1 aromatic heterocycles. The first-order chi connectivity index (χ1) is 11.0. The number of benzene rings is 1. The van der Waals surface area contributed by atoms with E-state index in [0.717, 1.165) is 0 Å². The molecule has 0 radical (unpaired) electrons. The van der Waals surface area contributed by atoms with Gasteiger partial charge in [-0.25, -0.2) is 0 Å². The van der Waals surface area contributed by atoms with Crippen molar-refractivity contribution in [3.05, 3.63) is 58.0 Å². The van der Waals surface area contributed by atoms with Crippen molar-refractivity contribution in [3.8, 4) is 5.75 Å². The van der Waals surface area contributed by atoms with E-state index in [4.69, 9.17) is 9.15 Å². The molecule has 1 aromatic carbocycles. The Kier molecular flexibility index (Phi) is 4.92. The van der Waals surface area contributed by atoms with Crippen molar-refractivity contribution in [3.63, 3.8) is 0 Å². The summed E-state index contributed by atoms with van der Waals surface area (Å²) < 4.78 is 10.1. The second-order valence-electron chi connectivity index (χ2n) is 4.43. The highest BCUT2D eigenvalue weighted by Gasteiger charge is 2.12. The van der Waals surface area contributed by atoms with Crippen LogP contribution in [0, 0.1) is 17.0 Å². The van der Waals surface area contributed by atoms with Crippen molar-refractivity contribution in [1.82, 2.24) is 10.9 Å². The molecule has 0 aliphatic heterocycles. The normalized spacial score (nSPS) is 9.96. The lowest BCUT2D eigenvalue weighted by Crippen LogP contribution is -2.43. The summed E-state index contributed by atoms with van der Waals surface area (Å²) in [4.78, 5) is 33.2. The minimum Gasteiger partial charge on any atom is -0.484 e. The Morgan fingerprint density at radius 2 is 1.91 bits per heavy atom. The number of non-ortho nitro benzene ring substituents is 1. The number of furan rings is 1. The van der Waals surface area contributed by atoms with Crippen molar-refractivity contribution < 1.29 is 23.7 Å². The minimum absolute atomic E-state index is 0.0791. The molecule has 1 heterocycles. The van der Waals surface area contributed by atoms with E-state index in [1.54, 1.807) is 6.92 Å². The molecule has 2 amide bonds. The molecule has 2 rings (SSSR count). The molecule has 0 aliphatic rings. The summed E-state index contributed by atoms with van der Waals surface area (Å²) in [5.41, 5.74) is 4.63. The van der Waals surface area contributed by atoms with E-state index in [1.165, 1.54) is 36.6 Å². The molecule has 2 aromatic rings. The molecule has 23 heavy (non-hydrogen) atoms. The van der Waals surface area contributed by atoms with Crippen molar-refractivity contribution in [1.29, 1.82) is 0 Å². The average Bonchev–Trinajstić information content (AvgIpc) is 2.97. The van der Waals surface area contributed by atoms with E-state index in [0.29, 0.717) is 17.1 Å². The number of nitro groups is 1. The van der Waals surface area contributed by atoms with Crippen molar-refractivity contribution in [2.24, 2.45) is 0 Å². The van der Waals surface area contributed by atoms with Gasteiger partial charge in [0.2, 0.25) is 0 Å². The van der Waals surface area contributed by atoms with Crippen LogP contribution in [0.15, 0.2) is 41.0 Å². The van der Waals surface area contributed by atoms with Gasteiger partial charge in [0.05, 0.1) is 16.7 Å². The van der Waals surface area contributed by atoms with Gasteiger partial charge in [-0.15, -0.1) is 0 Å². The first kappa shape index (κ1) is 16.0. The first-order valence-electron chi connectivity index (χ1n) is 6.48. The number of nitrogens with one attached hydrogen (secondary N) is 2. The highest BCUT2D eigenvalue weighted by atomic mass is 16.6. The van der Waals surface area contributed by atoms with E-state index >= 15 is 0 Å². The van der Waals surface area contributed by atoms with Crippen molar-refractivity contribution >= 4 is 17.5 Å². The van der Waals surface area contributed by atoms with Gasteiger partial charge in [0.25, 0.3) is 17.5 Å². The number of hydrazine groups is 1. The van der Waals surface area contributed by atoms with Crippen LogP contribution in [0.3, 0.4) is 0 Å². The number of nitrogens with zero attached hydrogens (tertiary/aromatic N) is 1. The molecule has 0 spiro atoms. The summed E-state index contributed by atoms with van der Waals surface area (Å²) in [7, 11) is 0. The van der Waals surface area contributed by atoms with E-state index in [9.17, 15) is 19.7 Å². The van der Waals surface area contributed by atoms with Crippen LogP contribution in [-0.4, -0.2) is 23.3 Å². The Bertz CT molecular complexity index is 722. The first-order valence-corrected chi connectivity index (χ1v) is 6.48. The lowest BCUT2D eigenvalue weighted by Gasteiger charge is -2.08. The largest absolute Gasteiger partial charge is 0.484 e. The van der Waals surface area contributed by atoms with Gasteiger partial charge in [0.15, 0.2) is 6.61 Å². The lowest BCUT2D eigenvalue weighted by molar-refractivity contribution is -0.384. The van der Waals surface area contributed by atoms with E-state index in [1.807, 2.05) is 0 Å². The Morgan fingerprint density at radius 1 is 1.22 bits per heavy atom. The Labute approximate surface area is 130 Å². The molecular formula is C14H13N3O6. The quantitative estimate of drug-likeness (QED) is 0.633. The second kappa shape index (κ2) is 7.07. The Morgan fingerprint density at radius 3 is 2.48 bits per heavy atom. The van der Waals surface area contributed by atoms with Gasteiger partial charge in [-0.3, -0.25) is 30.6 Å². The fourth-order valence-corrected chi connectivity index (χ4v) is 1.66. The number of hydrogen-bond donors (Lipinski definition) is 2. The molecule has 0 unspecified atom stereocenters. The summed E-state index contributed by atoms with van der Waals surface area (Å²) in [5, 5.41) is 10.5. The Hall–Kier alpha value is -3.36. The van der Waals surface area contributed by atoms with Crippen LogP contribution in [0.4, 0.5) is 5.69 Å². The molecular weight excluding hydrogens is 306 g/mol. The molecule has 120 valence electrons. The minimum atomic E-state index is -0.585. The fourth-order valence-electron chi connectivity index (χ4n) is 1.66. The van der Waals surface area contributed by atoms with Gasteiger partial charge in [0, 0.05) is 12.1 Å². The third-order valence-corrected chi connectivity index (χ3v) is 2.84. The number of aryl methyl sites for hydroxylation is 1. The van der Waals surface area contributed by atoms with Crippen LogP contribution in [0.5, 0.6) is 5.75 Å². The second-order valence-corrected chi connectivity index (χ2v) is 4.43. The molecule has 0 fully saturated rings. The van der Waals surface area contributed by atoms with Crippen LogP contribution in [0.2, 0.25) is 0 Å². The van der Waals surface area contributed by atoms with Crippen LogP contribution in [0.25, 0.3) is 0 Å². The lowest BCUT2D eigenvalue weighted by atomic mass is 10.2. The summed E-state index contributed by atoms with van der Waals surface area (Å²) in [5.74, 6) is -0.376. The predicted molar refractivity (Wildman–Crippen MR) is 77.6 cm³/mol. The molecule has 9 heteroatoms. The summed E-state index contributed by atoms with van der Waals surface area (Å²) in [6.07, 6.45) is 1.36. The Balaban J connectivity index is 1.78. The number of carbonyl (C=O) groups is 2. The maximum absolute atomic E-state index is 11.7. The van der Waals surface area contributed by atoms with Crippen LogP contribution in [0.1, 0.15) is 16.1 Å². The smallest absolute Gasteiger partial charge is 0.276 e. The van der Waals surface area contributed by atoms with Crippen LogP contribution >= 0.6 is 0 Å². The number of hydrogen-bond acceptors (Lipinski definition) is 6. The SMILES string of the molecule is Cc1occc1C(=O)NNC(=O)COc1ccc([N+](=O)[O-])cc1. The van der Waals surface area contributed by atoms with Crippen LogP contribution in [-0.2, 0) is 4.79 Å². The number of amides is 2. The van der Waals surface area contributed by atoms with E-state index in [2.05, 4.69) is 10.9 Å². The number of nitro benzene ring substituents is 1. The maximum Gasteiger partial charge on any atom is 0.276 e. The van der Waals surface area contributed by atoms with Gasteiger partial charge in [-0.1, -0.05) is 0 Å². The summed E-state index contributed by atoms with van der Waals surface area (Å²) in [6, 6.07) is 6.75. The molecule has 2 N–H and O–H groups in total. The maximum atomic E-state index is 11.7. The molecule has 0 saturated heterocycles. The van der Waals surface area contributed by atoms with E-state index in [-0.39, 0.29) is 12.3 Å². The highest BCUT2D eigenvalue weighted by Crippen LogP contribution is 2.17. The van der Waals surface area contributed by atoms with Crippen molar-refractivity contribution in [2.75, 3.05) is 6.61 Å². The topological polar surface area (TPSA) is 124 Å². The zero-order valence-corrected chi connectivity index (χ0v) is 12.1. The van der Waals surface area contributed by atoms with Gasteiger partial charge in [-0.2, -0.15) is 0 Å². The number of carbonyl (C=O) groups excluding carboxylic acids is 2. The number of rotatable bonds is 5.